The van der Waals surface area contributed by atoms with Crippen molar-refractivity contribution < 1.29 is 19.1 Å². The average molecular weight is 448 g/mol. The summed E-state index contributed by atoms with van der Waals surface area (Å²) in [5, 5.41) is 9.97. The summed E-state index contributed by atoms with van der Waals surface area (Å²) < 4.78 is 11.3. The van der Waals surface area contributed by atoms with Gasteiger partial charge in [-0.1, -0.05) is 48.0 Å². The lowest BCUT2D eigenvalue weighted by atomic mass is 9.95. The quantitative estimate of drug-likeness (QED) is 0.334. The van der Waals surface area contributed by atoms with Crippen LogP contribution in [0.5, 0.6) is 5.75 Å². The van der Waals surface area contributed by atoms with Crippen molar-refractivity contribution in [1.82, 2.24) is 4.98 Å². The molecule has 3 aromatic carbocycles. The lowest BCUT2D eigenvalue weighted by molar-refractivity contribution is -0.137. The summed E-state index contributed by atoms with van der Waals surface area (Å²) in [5.41, 5.74) is 5.22. The Morgan fingerprint density at radius 1 is 1.12 bits per heavy atom. The molecule has 1 aromatic heterocycles. The Kier molecular flexibility index (Phi) is 6.57. The van der Waals surface area contributed by atoms with Crippen LogP contribution in [0, 0.1) is 6.92 Å². The van der Waals surface area contributed by atoms with E-state index in [2.05, 4.69) is 17.1 Å². The smallest absolute Gasteiger partial charge is 0.304 e. The van der Waals surface area contributed by atoms with Crippen LogP contribution in [0.15, 0.2) is 83.6 Å². The Balaban J connectivity index is 1.46. The molecule has 4 rings (SSSR count). The first-order valence-corrected chi connectivity index (χ1v) is 10.6. The van der Waals surface area contributed by atoms with E-state index in [1.54, 1.807) is 0 Å². The molecule has 0 saturated carbocycles. The lowest BCUT2D eigenvalue weighted by Crippen LogP contribution is -2.08. The number of hydrogen-bond acceptors (Lipinski definition) is 4. The molecule has 0 unspecified atom stereocenters. The van der Waals surface area contributed by atoms with Gasteiger partial charge in [-0.15, -0.1) is 0 Å². The van der Waals surface area contributed by atoms with E-state index in [0.29, 0.717) is 18.2 Å². The van der Waals surface area contributed by atoms with Gasteiger partial charge in [0.25, 0.3) is 0 Å². The molecule has 4 aromatic rings. The molecule has 0 radical (unpaired) electrons. The molecular formula is C26H22ClNO4. The highest BCUT2D eigenvalue weighted by Crippen LogP contribution is 2.29. The highest BCUT2D eigenvalue weighted by atomic mass is 35.5. The molecule has 0 fully saturated rings. The number of rotatable bonds is 8. The van der Waals surface area contributed by atoms with Crippen LogP contribution in [-0.4, -0.2) is 16.1 Å². The van der Waals surface area contributed by atoms with Crippen LogP contribution in [0.1, 0.15) is 34.9 Å². The van der Waals surface area contributed by atoms with Crippen molar-refractivity contribution in [2.24, 2.45) is 0 Å². The largest absolute Gasteiger partial charge is 0.489 e. The third-order valence-electron chi connectivity index (χ3n) is 5.24. The molecule has 32 heavy (non-hydrogen) atoms. The number of hydrogen-bond donors (Lipinski definition) is 1. The number of carbonyl (C=O) groups is 1. The van der Waals surface area contributed by atoms with E-state index in [9.17, 15) is 9.90 Å². The van der Waals surface area contributed by atoms with Gasteiger partial charge in [0, 0.05) is 5.02 Å². The maximum Gasteiger partial charge on any atom is 0.304 e. The molecule has 5 nitrogen and oxygen atoms in total. The van der Waals surface area contributed by atoms with Crippen molar-refractivity contribution in [2.75, 3.05) is 0 Å². The normalized spacial score (nSPS) is 11.8. The van der Waals surface area contributed by atoms with E-state index in [1.165, 1.54) is 12.5 Å². The van der Waals surface area contributed by atoms with Crippen LogP contribution in [0.4, 0.5) is 0 Å². The minimum Gasteiger partial charge on any atom is -0.489 e. The molecule has 6 heteroatoms. The first-order chi connectivity index (χ1) is 15.5. The second-order valence-corrected chi connectivity index (χ2v) is 7.97. The fourth-order valence-electron chi connectivity index (χ4n) is 3.67. The zero-order valence-electron chi connectivity index (χ0n) is 17.5. The summed E-state index contributed by atoms with van der Waals surface area (Å²) in [4.78, 5) is 15.4. The average Bonchev–Trinajstić information content (AvgIpc) is 3.31. The standard InChI is InChI=1S/C26H22ClNO4/c1-17-13-21(27)7-10-23(17)20-4-2-3-18(14-20)16-32-22-8-5-19(6-9-22)24(15-25(29)30)26-28-11-12-31-26/h2-14,24H,15-16H2,1H3,(H,29,30)/t24-/m1/s1. The second kappa shape index (κ2) is 9.71. The fourth-order valence-corrected chi connectivity index (χ4v) is 3.90. The molecule has 1 heterocycles. The van der Waals surface area contributed by atoms with Gasteiger partial charge in [-0.25, -0.2) is 4.98 Å². The van der Waals surface area contributed by atoms with Gasteiger partial charge in [0.15, 0.2) is 0 Å². The number of carboxylic acid groups (broad SMARTS) is 1. The van der Waals surface area contributed by atoms with Crippen LogP contribution in [0.25, 0.3) is 11.1 Å². The summed E-state index contributed by atoms with van der Waals surface area (Å²) in [6.45, 7) is 2.46. The lowest BCUT2D eigenvalue weighted by Gasteiger charge is -2.13. The summed E-state index contributed by atoms with van der Waals surface area (Å²) in [5.74, 6) is -0.279. The Labute approximate surface area is 191 Å². The van der Waals surface area contributed by atoms with E-state index in [0.717, 1.165) is 32.8 Å². The zero-order chi connectivity index (χ0) is 22.5. The van der Waals surface area contributed by atoms with Crippen molar-refractivity contribution >= 4 is 17.6 Å². The van der Waals surface area contributed by atoms with Crippen molar-refractivity contribution in [2.45, 2.75) is 25.9 Å². The molecule has 1 atom stereocenters. The second-order valence-electron chi connectivity index (χ2n) is 7.54. The minimum atomic E-state index is -0.913. The van der Waals surface area contributed by atoms with Gasteiger partial charge < -0.3 is 14.3 Å². The SMILES string of the molecule is Cc1cc(Cl)ccc1-c1cccc(COc2ccc([C@@H](CC(=O)O)c3ncco3)cc2)c1. The zero-order valence-corrected chi connectivity index (χ0v) is 18.3. The molecule has 0 aliphatic carbocycles. The molecule has 0 amide bonds. The predicted octanol–water partition coefficient (Wildman–Crippen LogP) is 6.49. The molecule has 0 saturated heterocycles. The first kappa shape index (κ1) is 21.7. The van der Waals surface area contributed by atoms with Crippen LogP contribution in [-0.2, 0) is 11.4 Å². The van der Waals surface area contributed by atoms with E-state index in [4.69, 9.17) is 20.8 Å². The topological polar surface area (TPSA) is 72.6 Å². The number of benzene rings is 3. The Bertz CT molecular complexity index is 1200. The molecule has 0 spiro atoms. The van der Waals surface area contributed by atoms with E-state index in [1.807, 2.05) is 61.5 Å². The van der Waals surface area contributed by atoms with Gasteiger partial charge in [-0.3, -0.25) is 4.79 Å². The molecular weight excluding hydrogens is 426 g/mol. The van der Waals surface area contributed by atoms with Crippen molar-refractivity contribution in [1.29, 1.82) is 0 Å². The van der Waals surface area contributed by atoms with Crippen LogP contribution >= 0.6 is 11.6 Å². The van der Waals surface area contributed by atoms with E-state index in [-0.39, 0.29) is 6.42 Å². The Morgan fingerprint density at radius 2 is 1.94 bits per heavy atom. The Hall–Kier alpha value is -3.57. The number of aliphatic carboxylic acids is 1. The number of halogens is 1. The van der Waals surface area contributed by atoms with Gasteiger partial charge in [0.2, 0.25) is 5.89 Å². The van der Waals surface area contributed by atoms with Gasteiger partial charge in [0.05, 0.1) is 18.5 Å². The summed E-state index contributed by atoms with van der Waals surface area (Å²) in [7, 11) is 0. The van der Waals surface area contributed by atoms with Gasteiger partial charge >= 0.3 is 5.97 Å². The highest BCUT2D eigenvalue weighted by Gasteiger charge is 2.22. The number of aryl methyl sites for hydroxylation is 1. The van der Waals surface area contributed by atoms with Crippen LogP contribution in [0.3, 0.4) is 0 Å². The molecule has 162 valence electrons. The van der Waals surface area contributed by atoms with Crippen molar-refractivity contribution in [3.8, 4) is 16.9 Å². The monoisotopic (exact) mass is 447 g/mol. The maximum absolute atomic E-state index is 11.3. The van der Waals surface area contributed by atoms with E-state index >= 15 is 0 Å². The van der Waals surface area contributed by atoms with Gasteiger partial charge in [0.1, 0.15) is 18.6 Å². The maximum atomic E-state index is 11.3. The van der Waals surface area contributed by atoms with Gasteiger partial charge in [-0.2, -0.15) is 0 Å². The number of ether oxygens (including phenoxy) is 1. The molecule has 0 bridgehead atoms. The Morgan fingerprint density at radius 3 is 2.62 bits per heavy atom. The third-order valence-corrected chi connectivity index (χ3v) is 5.48. The van der Waals surface area contributed by atoms with E-state index < -0.39 is 11.9 Å². The molecule has 0 aliphatic rings. The van der Waals surface area contributed by atoms with Crippen molar-refractivity contribution in [3.63, 3.8) is 0 Å². The number of oxazole rings is 1. The number of nitrogens with zero attached hydrogens (tertiary/aromatic N) is 1. The minimum absolute atomic E-state index is 0.0996. The number of aromatic nitrogens is 1. The first-order valence-electron chi connectivity index (χ1n) is 10.2. The third kappa shape index (κ3) is 5.18. The molecule has 0 aliphatic heterocycles. The summed E-state index contributed by atoms with van der Waals surface area (Å²) in [6, 6.07) is 21.4. The van der Waals surface area contributed by atoms with Crippen LogP contribution in [0.2, 0.25) is 5.02 Å². The number of carboxylic acids is 1. The predicted molar refractivity (Wildman–Crippen MR) is 123 cm³/mol. The fraction of sp³-hybridized carbons (Fsp3) is 0.154. The van der Waals surface area contributed by atoms with Crippen LogP contribution < -0.4 is 4.74 Å². The van der Waals surface area contributed by atoms with Gasteiger partial charge in [-0.05, 0) is 65.1 Å². The van der Waals surface area contributed by atoms with Crippen molar-refractivity contribution in [3.05, 3.63) is 107 Å². The summed E-state index contributed by atoms with van der Waals surface area (Å²) >= 11 is 6.08. The highest BCUT2D eigenvalue weighted by molar-refractivity contribution is 6.30. The molecule has 1 N–H and O–H groups in total. The summed E-state index contributed by atoms with van der Waals surface area (Å²) in [6.07, 6.45) is 2.86.